The lowest BCUT2D eigenvalue weighted by Gasteiger charge is -2.20. The highest BCUT2D eigenvalue weighted by atomic mass is 16.5. The Labute approximate surface area is 319 Å². The van der Waals surface area contributed by atoms with E-state index in [4.69, 9.17) is 14.2 Å². The number of aryl methyl sites for hydroxylation is 2. The normalized spacial score (nSPS) is 14.8. The zero-order valence-corrected chi connectivity index (χ0v) is 31.3. The van der Waals surface area contributed by atoms with Crippen molar-refractivity contribution in [3.8, 4) is 33.8 Å². The number of ether oxygens (including phenoxy) is 3. The van der Waals surface area contributed by atoms with E-state index in [0.29, 0.717) is 59.5 Å². The van der Waals surface area contributed by atoms with Crippen LogP contribution in [0.5, 0.6) is 11.5 Å². The van der Waals surface area contributed by atoms with Gasteiger partial charge >= 0.3 is 5.97 Å². The highest BCUT2D eigenvalue weighted by Gasteiger charge is 2.31. The SMILES string of the molecule is COC(=O)c1cc(-c2ccc(NC(=O)c3cc(-c4ccc(NC(=O)CCCOc5cn6c(c5OC)C=[N+]([O-])C5=CCCCC5C6)cc4)cn3C)cc2)cn1C. The predicted octanol–water partition coefficient (Wildman–Crippen LogP) is 6.97. The topological polar surface area (TPSA) is 144 Å². The summed E-state index contributed by atoms with van der Waals surface area (Å²) in [6, 6.07) is 18.5. The Balaban J connectivity index is 0.901. The van der Waals surface area contributed by atoms with Gasteiger partial charge in [0.1, 0.15) is 11.4 Å². The van der Waals surface area contributed by atoms with Crippen LogP contribution in [0.25, 0.3) is 22.3 Å². The third-order valence-corrected chi connectivity index (χ3v) is 10.1. The maximum Gasteiger partial charge on any atom is 0.354 e. The quantitative estimate of drug-likeness (QED) is 0.0608. The zero-order valence-electron chi connectivity index (χ0n) is 31.3. The van der Waals surface area contributed by atoms with Crippen molar-refractivity contribution in [1.82, 2.24) is 13.7 Å². The fourth-order valence-electron chi connectivity index (χ4n) is 7.23. The van der Waals surface area contributed by atoms with Crippen LogP contribution in [-0.2, 0) is 30.2 Å². The first-order valence-corrected chi connectivity index (χ1v) is 18.3. The molecule has 284 valence electrons. The van der Waals surface area contributed by atoms with Crippen LogP contribution in [0.4, 0.5) is 11.4 Å². The smallest absolute Gasteiger partial charge is 0.354 e. The van der Waals surface area contributed by atoms with Crippen LogP contribution < -0.4 is 20.1 Å². The highest BCUT2D eigenvalue weighted by Crippen LogP contribution is 2.37. The Morgan fingerprint density at radius 1 is 0.855 bits per heavy atom. The Morgan fingerprint density at radius 2 is 1.49 bits per heavy atom. The van der Waals surface area contributed by atoms with Crippen molar-refractivity contribution in [3.05, 3.63) is 113 Å². The molecule has 0 radical (unpaired) electrons. The Morgan fingerprint density at radius 3 is 2.15 bits per heavy atom. The first kappa shape index (κ1) is 36.8. The second-order valence-electron chi connectivity index (χ2n) is 13.8. The number of aromatic nitrogens is 3. The van der Waals surface area contributed by atoms with E-state index in [-0.39, 0.29) is 24.2 Å². The van der Waals surface area contributed by atoms with Gasteiger partial charge in [0.15, 0.2) is 22.9 Å². The standard InChI is InChI=1S/C42H44N6O7/c1-45-22-30(20-35(45)41(50)44-33-17-13-28(14-18-33)31-21-36(42(51)54-4)46(2)23-31)27-11-15-32(16-12-27)43-39(49)10-7-19-55-38-26-47-24-29-8-5-6-9-34(29)48(52)25-37(47)40(38)53-3/h9,11-18,20-23,25-26,29H,5-8,10,19,24H2,1-4H3,(H,43,49)(H,44,50). The number of carbonyl (C=O) groups is 3. The van der Waals surface area contributed by atoms with Crippen molar-refractivity contribution in [3.63, 3.8) is 0 Å². The zero-order chi connectivity index (χ0) is 38.6. The number of fused-ring (bicyclic) bond motifs is 2. The van der Waals surface area contributed by atoms with Gasteiger partial charge in [0, 0.05) is 62.0 Å². The van der Waals surface area contributed by atoms with E-state index < -0.39 is 5.97 Å². The Hall–Kier alpha value is -6.50. The van der Waals surface area contributed by atoms with E-state index in [1.165, 1.54) is 7.11 Å². The first-order chi connectivity index (χ1) is 26.6. The third-order valence-electron chi connectivity index (χ3n) is 10.1. The number of nitrogens with zero attached hydrogens (tertiary/aromatic N) is 4. The van der Waals surface area contributed by atoms with Crippen molar-refractivity contribution >= 4 is 35.4 Å². The number of benzene rings is 2. The summed E-state index contributed by atoms with van der Waals surface area (Å²) in [5.41, 5.74) is 7.25. The van der Waals surface area contributed by atoms with Crippen LogP contribution in [0.1, 0.15) is 58.8 Å². The summed E-state index contributed by atoms with van der Waals surface area (Å²) in [7, 11) is 6.52. The largest absolute Gasteiger partial charge is 0.618 e. The Kier molecular flexibility index (Phi) is 10.6. The van der Waals surface area contributed by atoms with E-state index in [9.17, 15) is 19.6 Å². The molecule has 0 bridgehead atoms. The second kappa shape index (κ2) is 15.8. The van der Waals surface area contributed by atoms with Crippen molar-refractivity contribution in [2.24, 2.45) is 20.0 Å². The molecule has 2 aromatic carbocycles. The number of methoxy groups -OCH3 is 2. The molecule has 7 rings (SSSR count). The van der Waals surface area contributed by atoms with Gasteiger partial charge in [0.05, 0.1) is 32.9 Å². The molecule has 13 nitrogen and oxygen atoms in total. The van der Waals surface area contributed by atoms with E-state index in [1.807, 2.05) is 90.9 Å². The minimum Gasteiger partial charge on any atom is -0.618 e. The van der Waals surface area contributed by atoms with E-state index in [0.717, 1.165) is 52.0 Å². The summed E-state index contributed by atoms with van der Waals surface area (Å²) in [5.74, 6) is 0.434. The number of allylic oxidation sites excluding steroid dienone is 2. The van der Waals surface area contributed by atoms with Gasteiger partial charge < -0.3 is 43.8 Å². The summed E-state index contributed by atoms with van der Waals surface area (Å²) < 4.78 is 23.0. The fraction of sp³-hybridized carbons (Fsp3) is 0.286. The summed E-state index contributed by atoms with van der Waals surface area (Å²) in [5, 5.41) is 18.7. The number of hydrogen-bond donors (Lipinski definition) is 2. The molecule has 0 fully saturated rings. The van der Waals surface area contributed by atoms with Crippen molar-refractivity contribution in [2.45, 2.75) is 38.6 Å². The lowest BCUT2D eigenvalue weighted by atomic mass is 9.92. The number of anilines is 2. The molecule has 0 saturated heterocycles. The van der Waals surface area contributed by atoms with Gasteiger partial charge in [-0.2, -0.15) is 4.74 Å². The van der Waals surface area contributed by atoms with Crippen molar-refractivity contribution < 1.29 is 33.3 Å². The van der Waals surface area contributed by atoms with Crippen LogP contribution in [-0.4, -0.2) is 63.3 Å². The van der Waals surface area contributed by atoms with Crippen LogP contribution in [0.2, 0.25) is 0 Å². The maximum absolute atomic E-state index is 13.2. The number of hydrogen-bond acceptors (Lipinski definition) is 7. The third kappa shape index (κ3) is 7.91. The average molecular weight is 745 g/mol. The van der Waals surface area contributed by atoms with Gasteiger partial charge in [0.2, 0.25) is 12.1 Å². The van der Waals surface area contributed by atoms with E-state index >= 15 is 0 Å². The fourth-order valence-corrected chi connectivity index (χ4v) is 7.23. The van der Waals surface area contributed by atoms with E-state index in [1.54, 1.807) is 35.6 Å². The molecule has 55 heavy (non-hydrogen) atoms. The number of esters is 1. The molecule has 1 aliphatic heterocycles. The monoisotopic (exact) mass is 744 g/mol. The predicted molar refractivity (Wildman–Crippen MR) is 210 cm³/mol. The molecule has 13 heteroatoms. The minimum absolute atomic E-state index is 0.135. The highest BCUT2D eigenvalue weighted by molar-refractivity contribution is 6.04. The molecule has 1 atom stereocenters. The number of hydroxylamine groups is 1. The molecule has 2 amide bonds. The van der Waals surface area contributed by atoms with Gasteiger partial charge in [-0.05, 0) is 79.3 Å². The van der Waals surface area contributed by atoms with E-state index in [2.05, 4.69) is 10.6 Å². The molecule has 1 unspecified atom stereocenters. The Bertz CT molecular complexity index is 2290. The number of carbonyl (C=O) groups excluding carboxylic acids is 3. The van der Waals surface area contributed by atoms with Gasteiger partial charge in [-0.3, -0.25) is 9.59 Å². The molecule has 3 aromatic heterocycles. The average Bonchev–Trinajstić information content (AvgIpc) is 3.85. The molecule has 2 N–H and O–H groups in total. The first-order valence-electron chi connectivity index (χ1n) is 18.3. The van der Waals surface area contributed by atoms with Crippen molar-refractivity contribution in [1.29, 1.82) is 0 Å². The maximum atomic E-state index is 13.2. The van der Waals surface area contributed by atoms with Crippen LogP contribution in [0.15, 0.2) is 91.0 Å². The molecule has 5 aromatic rings. The van der Waals surface area contributed by atoms with Crippen LogP contribution in [0.3, 0.4) is 0 Å². The minimum atomic E-state index is -0.407. The molecular formula is C42H44N6O7. The lowest BCUT2D eigenvalue weighted by Crippen LogP contribution is -2.18. The van der Waals surface area contributed by atoms with Gasteiger partial charge in [-0.1, -0.05) is 24.3 Å². The van der Waals surface area contributed by atoms with Crippen LogP contribution >= 0.6 is 0 Å². The van der Waals surface area contributed by atoms with Gasteiger partial charge in [0.25, 0.3) is 5.91 Å². The van der Waals surface area contributed by atoms with Crippen molar-refractivity contribution in [2.75, 3.05) is 31.5 Å². The number of rotatable bonds is 12. The van der Waals surface area contributed by atoms with Gasteiger partial charge in [-0.15, -0.1) is 0 Å². The number of amides is 2. The van der Waals surface area contributed by atoms with Gasteiger partial charge in [-0.25, -0.2) is 4.79 Å². The molecule has 0 saturated carbocycles. The molecule has 1 aliphatic carbocycles. The summed E-state index contributed by atoms with van der Waals surface area (Å²) in [6.07, 6.45) is 12.9. The van der Waals surface area contributed by atoms with Crippen LogP contribution in [0, 0.1) is 11.1 Å². The number of nitrogens with one attached hydrogen (secondary N) is 2. The second-order valence-corrected chi connectivity index (χ2v) is 13.8. The summed E-state index contributed by atoms with van der Waals surface area (Å²) in [6.45, 7) is 0.997. The summed E-state index contributed by atoms with van der Waals surface area (Å²) in [4.78, 5) is 38.0. The summed E-state index contributed by atoms with van der Waals surface area (Å²) >= 11 is 0. The molecule has 2 aliphatic rings. The molecule has 0 spiro atoms. The molecular weight excluding hydrogens is 700 g/mol. The molecule has 4 heterocycles. The lowest BCUT2D eigenvalue weighted by molar-refractivity contribution is -0.406.